The molecule has 1 aliphatic heterocycles. The van der Waals surface area contributed by atoms with Crippen molar-refractivity contribution in [3.63, 3.8) is 0 Å². The molecule has 0 aliphatic carbocycles. The number of halogens is 3. The zero-order chi connectivity index (χ0) is 22.9. The third kappa shape index (κ3) is 4.59. The first-order valence-electron chi connectivity index (χ1n) is 10.1. The molecule has 3 aromatic rings. The monoisotopic (exact) mass is 446 g/mol. The number of aromatic nitrogens is 2. The van der Waals surface area contributed by atoms with Gasteiger partial charge in [-0.15, -0.1) is 0 Å². The number of rotatable bonds is 4. The zero-order valence-electron chi connectivity index (χ0n) is 17.1. The van der Waals surface area contributed by atoms with Crippen LogP contribution in [0.25, 0.3) is 10.9 Å². The van der Waals surface area contributed by atoms with Crippen LogP contribution in [0.15, 0.2) is 58.1 Å². The Kier molecular flexibility index (Phi) is 5.88. The number of nitrogens with one attached hydrogen (secondary N) is 1. The Bertz CT molecular complexity index is 1240. The Hall–Kier alpha value is -3.40. The molecule has 0 spiro atoms. The molecule has 0 bridgehead atoms. The van der Waals surface area contributed by atoms with Crippen molar-refractivity contribution >= 4 is 16.8 Å². The van der Waals surface area contributed by atoms with E-state index in [1.807, 2.05) is 0 Å². The number of aromatic amines is 1. The van der Waals surface area contributed by atoms with E-state index in [0.717, 1.165) is 17.7 Å². The van der Waals surface area contributed by atoms with Gasteiger partial charge in [0.15, 0.2) is 0 Å². The highest BCUT2D eigenvalue weighted by molar-refractivity contribution is 5.81. The van der Waals surface area contributed by atoms with E-state index in [1.54, 1.807) is 29.2 Å². The lowest BCUT2D eigenvalue weighted by Crippen LogP contribution is -2.49. The van der Waals surface area contributed by atoms with Gasteiger partial charge in [-0.05, 0) is 29.8 Å². The topological polar surface area (TPSA) is 78.4 Å². The standard InChI is InChI=1S/C22H21F3N4O3/c23-22(24,25)16-7-5-15(6-8-16)13-27-9-11-28(12-10-27)19(30)14-29-18-4-2-1-3-17(18)20(31)26-21(29)32/h1-8H,9-14H2,(H,26,31,32). The second kappa shape index (κ2) is 8.62. The highest BCUT2D eigenvalue weighted by Crippen LogP contribution is 2.29. The van der Waals surface area contributed by atoms with Gasteiger partial charge in [-0.25, -0.2) is 4.79 Å². The fourth-order valence-corrected chi connectivity index (χ4v) is 3.85. The highest BCUT2D eigenvalue weighted by atomic mass is 19.4. The van der Waals surface area contributed by atoms with Gasteiger partial charge in [0.2, 0.25) is 5.91 Å². The summed E-state index contributed by atoms with van der Waals surface area (Å²) in [6.45, 7) is 2.31. The van der Waals surface area contributed by atoms with Crippen molar-refractivity contribution < 1.29 is 18.0 Å². The van der Waals surface area contributed by atoms with Crippen LogP contribution in [0.2, 0.25) is 0 Å². The molecular formula is C22H21F3N4O3. The van der Waals surface area contributed by atoms with Crippen molar-refractivity contribution in [2.45, 2.75) is 19.3 Å². The number of fused-ring (bicyclic) bond motifs is 1. The number of H-pyrrole nitrogens is 1. The van der Waals surface area contributed by atoms with Gasteiger partial charge in [0.1, 0.15) is 6.54 Å². The van der Waals surface area contributed by atoms with Crippen LogP contribution in [-0.4, -0.2) is 51.4 Å². The van der Waals surface area contributed by atoms with Crippen LogP contribution in [0, 0.1) is 0 Å². The Morgan fingerprint density at radius 1 is 0.938 bits per heavy atom. The molecule has 1 aromatic heterocycles. The molecule has 168 valence electrons. The fraction of sp³-hybridized carbons (Fsp3) is 0.318. The third-order valence-corrected chi connectivity index (χ3v) is 5.61. The first kappa shape index (κ1) is 21.8. The van der Waals surface area contributed by atoms with Gasteiger partial charge in [0.25, 0.3) is 5.56 Å². The molecule has 32 heavy (non-hydrogen) atoms. The van der Waals surface area contributed by atoms with Gasteiger partial charge in [-0.3, -0.25) is 24.0 Å². The number of hydrogen-bond donors (Lipinski definition) is 1. The highest BCUT2D eigenvalue weighted by Gasteiger charge is 2.30. The Labute approximate surface area is 180 Å². The molecule has 10 heteroatoms. The van der Waals surface area contributed by atoms with Crippen molar-refractivity contribution in [2.75, 3.05) is 26.2 Å². The summed E-state index contributed by atoms with van der Waals surface area (Å²) in [5.41, 5.74) is -0.643. The van der Waals surface area contributed by atoms with Crippen molar-refractivity contribution in [1.29, 1.82) is 0 Å². The summed E-state index contributed by atoms with van der Waals surface area (Å²) in [5, 5.41) is 0.335. The molecule has 2 heterocycles. The van der Waals surface area contributed by atoms with Crippen LogP contribution in [-0.2, 0) is 24.1 Å². The lowest BCUT2D eigenvalue weighted by atomic mass is 10.1. The van der Waals surface area contributed by atoms with Crippen LogP contribution in [0.3, 0.4) is 0 Å². The number of para-hydroxylation sites is 1. The summed E-state index contributed by atoms with van der Waals surface area (Å²) in [6.07, 6.45) is -4.36. The minimum atomic E-state index is -4.36. The van der Waals surface area contributed by atoms with Crippen LogP contribution in [0.4, 0.5) is 13.2 Å². The van der Waals surface area contributed by atoms with Crippen molar-refractivity contribution in [3.05, 3.63) is 80.5 Å². The van der Waals surface area contributed by atoms with Crippen molar-refractivity contribution in [3.8, 4) is 0 Å². The smallest absolute Gasteiger partial charge is 0.339 e. The average molecular weight is 446 g/mol. The number of hydrogen-bond acceptors (Lipinski definition) is 4. The molecule has 0 atom stereocenters. The SMILES string of the molecule is O=C(Cn1c(=O)[nH]c(=O)c2ccccc21)N1CCN(Cc2ccc(C(F)(F)F)cc2)CC1. The van der Waals surface area contributed by atoms with Crippen LogP contribution in [0.5, 0.6) is 0 Å². The van der Waals surface area contributed by atoms with Crippen LogP contribution < -0.4 is 11.2 Å². The van der Waals surface area contributed by atoms with E-state index in [2.05, 4.69) is 9.88 Å². The van der Waals surface area contributed by atoms with E-state index >= 15 is 0 Å². The zero-order valence-corrected chi connectivity index (χ0v) is 17.1. The van der Waals surface area contributed by atoms with E-state index in [0.29, 0.717) is 43.6 Å². The number of benzene rings is 2. The molecule has 0 unspecified atom stereocenters. The second-order valence-corrected chi connectivity index (χ2v) is 7.71. The number of nitrogens with zero attached hydrogens (tertiary/aromatic N) is 3. The predicted octanol–water partition coefficient (Wildman–Crippen LogP) is 2.05. The van der Waals surface area contributed by atoms with E-state index in [4.69, 9.17) is 0 Å². The number of alkyl halides is 3. The lowest BCUT2D eigenvalue weighted by molar-refractivity contribution is -0.137. The molecule has 1 fully saturated rings. The van der Waals surface area contributed by atoms with E-state index in [9.17, 15) is 27.6 Å². The van der Waals surface area contributed by atoms with Gasteiger partial charge in [-0.2, -0.15) is 13.2 Å². The van der Waals surface area contributed by atoms with Gasteiger partial charge in [0, 0.05) is 32.7 Å². The normalized spacial score (nSPS) is 15.3. The molecule has 0 saturated carbocycles. The van der Waals surface area contributed by atoms with Gasteiger partial charge in [-0.1, -0.05) is 24.3 Å². The van der Waals surface area contributed by atoms with E-state index < -0.39 is 23.0 Å². The molecule has 1 N–H and O–H groups in total. The Morgan fingerprint density at radius 2 is 1.59 bits per heavy atom. The molecule has 4 rings (SSSR count). The maximum atomic E-state index is 12.8. The maximum absolute atomic E-state index is 12.8. The lowest BCUT2D eigenvalue weighted by Gasteiger charge is -2.35. The van der Waals surface area contributed by atoms with E-state index in [-0.39, 0.29) is 12.5 Å². The molecule has 1 saturated heterocycles. The summed E-state index contributed by atoms with van der Waals surface area (Å²) in [6, 6.07) is 11.7. The molecule has 2 aromatic carbocycles. The fourth-order valence-electron chi connectivity index (χ4n) is 3.85. The Balaban J connectivity index is 1.38. The average Bonchev–Trinajstić information content (AvgIpc) is 2.77. The number of carbonyl (C=O) groups excluding carboxylic acids is 1. The predicted molar refractivity (Wildman–Crippen MR) is 112 cm³/mol. The van der Waals surface area contributed by atoms with Crippen molar-refractivity contribution in [1.82, 2.24) is 19.4 Å². The van der Waals surface area contributed by atoms with Crippen molar-refractivity contribution in [2.24, 2.45) is 0 Å². The third-order valence-electron chi connectivity index (χ3n) is 5.61. The summed E-state index contributed by atoms with van der Waals surface area (Å²) in [7, 11) is 0. The quantitative estimate of drug-likeness (QED) is 0.666. The first-order valence-corrected chi connectivity index (χ1v) is 10.1. The number of carbonyl (C=O) groups is 1. The van der Waals surface area contributed by atoms with Crippen LogP contribution in [0.1, 0.15) is 11.1 Å². The van der Waals surface area contributed by atoms with Gasteiger partial charge < -0.3 is 4.90 Å². The molecule has 1 aliphatic rings. The minimum Gasteiger partial charge on any atom is -0.339 e. The first-order chi connectivity index (χ1) is 15.2. The van der Waals surface area contributed by atoms with Crippen LogP contribution >= 0.6 is 0 Å². The van der Waals surface area contributed by atoms with E-state index in [1.165, 1.54) is 16.7 Å². The molecular weight excluding hydrogens is 425 g/mol. The summed E-state index contributed by atoms with van der Waals surface area (Å²) in [5.74, 6) is -0.238. The summed E-state index contributed by atoms with van der Waals surface area (Å²) < 4.78 is 39.4. The molecule has 0 radical (unpaired) electrons. The number of piperazine rings is 1. The summed E-state index contributed by atoms with van der Waals surface area (Å²) >= 11 is 0. The second-order valence-electron chi connectivity index (χ2n) is 7.71. The maximum Gasteiger partial charge on any atom is 0.416 e. The van der Waals surface area contributed by atoms with Gasteiger partial charge in [0.05, 0.1) is 16.5 Å². The largest absolute Gasteiger partial charge is 0.416 e. The minimum absolute atomic E-state index is 0.185. The van der Waals surface area contributed by atoms with Gasteiger partial charge >= 0.3 is 11.9 Å². The molecule has 7 nitrogen and oxygen atoms in total. The Morgan fingerprint density at radius 3 is 2.25 bits per heavy atom. The number of amides is 1. The molecule has 1 amide bonds. The summed E-state index contributed by atoms with van der Waals surface area (Å²) in [4.78, 5) is 43.0.